The monoisotopic (exact) mass is 504 g/mol. The van der Waals surface area contributed by atoms with Gasteiger partial charge in [0.2, 0.25) is 0 Å². The maximum absolute atomic E-state index is 10.6. The summed E-state index contributed by atoms with van der Waals surface area (Å²) in [6, 6.07) is 0. The molecule has 0 radical (unpaired) electrons. The van der Waals surface area contributed by atoms with Gasteiger partial charge in [-0.25, -0.2) is 0 Å². The third kappa shape index (κ3) is 5.37. The summed E-state index contributed by atoms with van der Waals surface area (Å²) in [7, 11) is 0. The topological polar surface area (TPSA) is 269 Å². The third-order valence-electron chi connectivity index (χ3n) is 6.09. The summed E-state index contributed by atoms with van der Waals surface area (Å²) in [6.07, 6.45) is -25.1. The molecule has 0 spiro atoms. The predicted molar refractivity (Wildman–Crippen MR) is 101 cm³/mol. The molecule has 3 fully saturated rings. The van der Waals surface area contributed by atoms with Gasteiger partial charge in [-0.3, -0.25) is 0 Å². The molecule has 11 N–H and O–H groups in total. The first-order valence-corrected chi connectivity index (χ1v) is 10.6. The molecule has 16 nitrogen and oxygen atoms in total. The van der Waals surface area contributed by atoms with E-state index in [-0.39, 0.29) is 0 Å². The second kappa shape index (κ2) is 11.6. The molecule has 0 saturated carbocycles. The highest BCUT2D eigenvalue weighted by Crippen LogP contribution is 2.32. The predicted octanol–water partition coefficient (Wildman–Crippen LogP) is -7.57. The van der Waals surface area contributed by atoms with E-state index in [2.05, 4.69) is 0 Å². The zero-order chi connectivity index (χ0) is 25.3. The van der Waals surface area contributed by atoms with E-state index >= 15 is 0 Å². The Morgan fingerprint density at radius 3 is 1.35 bits per heavy atom. The molecule has 0 aromatic rings. The first-order chi connectivity index (χ1) is 16.0. The molecule has 0 unspecified atom stereocenters. The van der Waals surface area contributed by atoms with Gasteiger partial charge in [0, 0.05) is 0 Å². The van der Waals surface area contributed by atoms with Gasteiger partial charge in [-0.1, -0.05) is 0 Å². The molecule has 16 heteroatoms. The average Bonchev–Trinajstić information content (AvgIpc) is 2.83. The van der Waals surface area contributed by atoms with Gasteiger partial charge in [0.15, 0.2) is 18.9 Å². The standard InChI is InChI=1S/C18H32O16/c19-1-4-7(22)8(23)12(27)17(31-4)34-15-6(3-21)32-18(13(28)10(15)25)33-14-5(2-20)30-16(29)11(26)9(14)24/h4-29H,1-3H2/t4-,5-,6-,7-,8+,9-,10-,11-,12-,13-,14+,15+,16-,17+,18+/m1/s1. The SMILES string of the molecule is OC[C@H]1O[C@@H](O[C@@H]2[C@H](O)[C@@H](O)[C@H](O[C@@H]3[C@H](O)[C@@H](O)[C@H](O)O[C@@H]3CO)O[C@@H]2CO)[C@H](O)[C@@H](O)[C@@H]1O. The van der Waals surface area contributed by atoms with Crippen LogP contribution in [0.4, 0.5) is 0 Å². The molecule has 0 aliphatic carbocycles. The summed E-state index contributed by atoms with van der Waals surface area (Å²) in [5.74, 6) is 0. The molecule has 0 aromatic heterocycles. The fourth-order valence-electron chi connectivity index (χ4n) is 4.06. The summed E-state index contributed by atoms with van der Waals surface area (Å²) in [6.45, 7) is -2.32. The van der Waals surface area contributed by atoms with Crippen molar-refractivity contribution in [2.45, 2.75) is 92.1 Å². The molecular weight excluding hydrogens is 472 g/mol. The average molecular weight is 504 g/mol. The maximum Gasteiger partial charge on any atom is 0.187 e. The molecule has 3 aliphatic rings. The second-order valence-electron chi connectivity index (χ2n) is 8.33. The largest absolute Gasteiger partial charge is 0.394 e. The molecule has 34 heavy (non-hydrogen) atoms. The minimum Gasteiger partial charge on any atom is -0.394 e. The summed E-state index contributed by atoms with van der Waals surface area (Å²) in [5, 5.41) is 109. The van der Waals surface area contributed by atoms with Crippen LogP contribution >= 0.6 is 0 Å². The fourth-order valence-corrected chi connectivity index (χ4v) is 4.06. The Bertz CT molecular complexity index is 635. The number of aliphatic hydroxyl groups is 11. The van der Waals surface area contributed by atoms with Crippen LogP contribution in [0.5, 0.6) is 0 Å². The molecule has 3 saturated heterocycles. The van der Waals surface area contributed by atoms with Crippen LogP contribution in [0.3, 0.4) is 0 Å². The number of rotatable bonds is 7. The minimum atomic E-state index is -1.91. The minimum absolute atomic E-state index is 0.741. The lowest BCUT2D eigenvalue weighted by Gasteiger charge is -2.47. The van der Waals surface area contributed by atoms with Crippen molar-refractivity contribution in [2.75, 3.05) is 19.8 Å². The number of ether oxygens (including phenoxy) is 5. The molecular formula is C18H32O16. The molecule has 0 amide bonds. The molecule has 200 valence electrons. The van der Waals surface area contributed by atoms with Crippen LogP contribution in [0.25, 0.3) is 0 Å². The van der Waals surface area contributed by atoms with E-state index in [0.29, 0.717) is 0 Å². The van der Waals surface area contributed by atoms with E-state index in [1.807, 2.05) is 0 Å². The van der Waals surface area contributed by atoms with Crippen molar-refractivity contribution < 1.29 is 79.9 Å². The molecule has 0 bridgehead atoms. The fraction of sp³-hybridized carbons (Fsp3) is 1.00. The smallest absolute Gasteiger partial charge is 0.187 e. The van der Waals surface area contributed by atoms with Gasteiger partial charge >= 0.3 is 0 Å². The van der Waals surface area contributed by atoms with Gasteiger partial charge < -0.3 is 79.9 Å². The third-order valence-corrected chi connectivity index (χ3v) is 6.09. The van der Waals surface area contributed by atoms with E-state index in [1.165, 1.54) is 0 Å². The van der Waals surface area contributed by atoms with Crippen molar-refractivity contribution in [2.24, 2.45) is 0 Å². The Balaban J connectivity index is 1.72. The highest BCUT2D eigenvalue weighted by Gasteiger charge is 2.53. The van der Waals surface area contributed by atoms with Crippen LogP contribution < -0.4 is 0 Å². The van der Waals surface area contributed by atoms with Crippen molar-refractivity contribution in [1.82, 2.24) is 0 Å². The summed E-state index contributed by atoms with van der Waals surface area (Å²) in [5.41, 5.74) is 0. The van der Waals surface area contributed by atoms with Crippen molar-refractivity contribution in [3.63, 3.8) is 0 Å². The summed E-state index contributed by atoms with van der Waals surface area (Å²) < 4.78 is 26.4. The Kier molecular flexibility index (Phi) is 9.54. The van der Waals surface area contributed by atoms with E-state index in [4.69, 9.17) is 23.7 Å². The van der Waals surface area contributed by atoms with Gasteiger partial charge in [0.05, 0.1) is 19.8 Å². The van der Waals surface area contributed by atoms with Crippen molar-refractivity contribution >= 4 is 0 Å². The van der Waals surface area contributed by atoms with Crippen LogP contribution in [0, 0.1) is 0 Å². The van der Waals surface area contributed by atoms with Crippen molar-refractivity contribution in [3.8, 4) is 0 Å². The van der Waals surface area contributed by atoms with Crippen LogP contribution in [0.15, 0.2) is 0 Å². The normalized spacial score (nSPS) is 52.5. The zero-order valence-electron chi connectivity index (χ0n) is 17.7. The van der Waals surface area contributed by atoms with Crippen molar-refractivity contribution in [1.29, 1.82) is 0 Å². The Morgan fingerprint density at radius 2 is 0.853 bits per heavy atom. The molecule has 3 heterocycles. The Morgan fingerprint density at radius 1 is 0.441 bits per heavy atom. The van der Waals surface area contributed by atoms with E-state index < -0.39 is 112 Å². The first kappa shape index (κ1) is 27.9. The summed E-state index contributed by atoms with van der Waals surface area (Å²) >= 11 is 0. The first-order valence-electron chi connectivity index (χ1n) is 10.6. The van der Waals surface area contributed by atoms with Crippen LogP contribution in [0.2, 0.25) is 0 Å². The highest BCUT2D eigenvalue weighted by molar-refractivity contribution is 4.96. The summed E-state index contributed by atoms with van der Waals surface area (Å²) in [4.78, 5) is 0. The molecule has 3 rings (SSSR count). The van der Waals surface area contributed by atoms with Crippen LogP contribution in [-0.2, 0) is 23.7 Å². The Labute approximate surface area is 192 Å². The van der Waals surface area contributed by atoms with E-state index in [9.17, 15) is 56.2 Å². The van der Waals surface area contributed by atoms with Crippen molar-refractivity contribution in [3.05, 3.63) is 0 Å². The van der Waals surface area contributed by atoms with Gasteiger partial charge in [-0.15, -0.1) is 0 Å². The molecule has 3 aliphatic heterocycles. The molecule has 0 aromatic carbocycles. The lowest BCUT2D eigenvalue weighted by atomic mass is 9.96. The van der Waals surface area contributed by atoms with E-state index in [0.717, 1.165) is 0 Å². The maximum atomic E-state index is 10.6. The lowest BCUT2D eigenvalue weighted by molar-refractivity contribution is -0.377. The zero-order valence-corrected chi connectivity index (χ0v) is 17.7. The number of hydrogen-bond acceptors (Lipinski definition) is 16. The lowest BCUT2D eigenvalue weighted by Crippen LogP contribution is -2.66. The quantitative estimate of drug-likeness (QED) is 0.154. The number of hydrogen-bond donors (Lipinski definition) is 11. The highest BCUT2D eigenvalue weighted by atomic mass is 16.8. The van der Waals surface area contributed by atoms with Crippen LogP contribution in [-0.4, -0.2) is 168 Å². The molecule has 15 atom stereocenters. The van der Waals surface area contributed by atoms with Gasteiger partial charge in [-0.05, 0) is 0 Å². The van der Waals surface area contributed by atoms with Gasteiger partial charge in [0.25, 0.3) is 0 Å². The number of aliphatic hydroxyl groups excluding tert-OH is 11. The second-order valence-corrected chi connectivity index (χ2v) is 8.33. The van der Waals surface area contributed by atoms with Crippen LogP contribution in [0.1, 0.15) is 0 Å². The Hall–Kier alpha value is -0.640. The van der Waals surface area contributed by atoms with E-state index in [1.54, 1.807) is 0 Å². The van der Waals surface area contributed by atoms with Gasteiger partial charge in [-0.2, -0.15) is 0 Å². The van der Waals surface area contributed by atoms with Gasteiger partial charge in [0.1, 0.15) is 73.2 Å².